The molecule has 7 heteroatoms. The van der Waals surface area contributed by atoms with Crippen LogP contribution in [0.5, 0.6) is 0 Å². The number of rotatable bonds is 4. The number of Topliss-reactive ketones (excluding diaryl/α,β-unsaturated/α-hetero) is 2. The van der Waals surface area contributed by atoms with Gasteiger partial charge in [-0.15, -0.1) is 0 Å². The number of anilines is 2. The zero-order chi connectivity index (χ0) is 28.5. The first-order chi connectivity index (χ1) is 19.8. The van der Waals surface area contributed by atoms with Crippen molar-refractivity contribution in [2.75, 3.05) is 10.2 Å². The van der Waals surface area contributed by atoms with E-state index in [-0.39, 0.29) is 17.5 Å². The van der Waals surface area contributed by atoms with Crippen LogP contribution in [0.15, 0.2) is 103 Å². The Morgan fingerprint density at radius 3 is 2.29 bits per heavy atom. The monoisotopic (exact) mass is 578 g/mol. The molecule has 4 aromatic rings. The number of carbonyl (C=O) groups is 3. The van der Waals surface area contributed by atoms with E-state index in [1.165, 1.54) is 0 Å². The third kappa shape index (κ3) is 3.59. The maximum atomic E-state index is 14.8. The van der Waals surface area contributed by atoms with Crippen molar-refractivity contribution in [2.45, 2.75) is 24.4 Å². The molecule has 1 spiro atoms. The second-order valence-electron chi connectivity index (χ2n) is 10.7. The predicted octanol–water partition coefficient (Wildman–Crippen LogP) is 7.24. The van der Waals surface area contributed by atoms with Gasteiger partial charge in [-0.2, -0.15) is 0 Å². The molecule has 0 saturated carbocycles. The Morgan fingerprint density at radius 1 is 0.829 bits per heavy atom. The van der Waals surface area contributed by atoms with E-state index in [0.717, 1.165) is 16.8 Å². The van der Waals surface area contributed by atoms with Gasteiger partial charge in [0.05, 0.1) is 17.0 Å². The van der Waals surface area contributed by atoms with Gasteiger partial charge in [0.15, 0.2) is 11.6 Å². The van der Waals surface area contributed by atoms with Crippen molar-refractivity contribution in [3.05, 3.63) is 135 Å². The van der Waals surface area contributed by atoms with Crippen LogP contribution in [0.1, 0.15) is 38.8 Å². The summed E-state index contributed by atoms with van der Waals surface area (Å²) >= 11 is 12.8. The lowest BCUT2D eigenvalue weighted by Crippen LogP contribution is -2.51. The Bertz CT molecular complexity index is 1800. The molecule has 41 heavy (non-hydrogen) atoms. The number of halogens is 2. The topological polar surface area (TPSA) is 66.5 Å². The second-order valence-corrected chi connectivity index (χ2v) is 11.6. The van der Waals surface area contributed by atoms with Crippen molar-refractivity contribution < 1.29 is 14.4 Å². The summed E-state index contributed by atoms with van der Waals surface area (Å²) in [6.07, 6.45) is 2.03. The third-order valence-corrected chi connectivity index (χ3v) is 9.28. The smallest absolute Gasteiger partial charge is 0.238 e. The van der Waals surface area contributed by atoms with E-state index in [4.69, 9.17) is 23.2 Å². The summed E-state index contributed by atoms with van der Waals surface area (Å²) in [5.41, 5.74) is 3.35. The third-order valence-electron chi connectivity index (χ3n) is 8.70. The van der Waals surface area contributed by atoms with Gasteiger partial charge in [-0.1, -0.05) is 77.8 Å². The molecule has 3 aliphatic heterocycles. The number of para-hydroxylation sites is 2. The van der Waals surface area contributed by atoms with E-state index in [1.807, 2.05) is 66.4 Å². The second kappa shape index (κ2) is 9.44. The minimum absolute atomic E-state index is 0.293. The van der Waals surface area contributed by atoms with Crippen LogP contribution in [-0.4, -0.2) is 29.6 Å². The average molecular weight is 579 g/mol. The summed E-state index contributed by atoms with van der Waals surface area (Å²) in [6.45, 7) is 2.00. The van der Waals surface area contributed by atoms with E-state index in [9.17, 15) is 14.4 Å². The van der Waals surface area contributed by atoms with Gasteiger partial charge in [0, 0.05) is 33.1 Å². The Morgan fingerprint density at radius 2 is 1.51 bits per heavy atom. The molecule has 0 bridgehead atoms. The van der Waals surface area contributed by atoms with E-state index in [1.54, 1.807) is 48.5 Å². The van der Waals surface area contributed by atoms with E-state index >= 15 is 0 Å². The van der Waals surface area contributed by atoms with Crippen LogP contribution in [0.2, 0.25) is 10.0 Å². The fraction of sp³-hybridized carbons (Fsp3) is 0.147. The number of benzene rings is 4. The van der Waals surface area contributed by atoms with Gasteiger partial charge in [0.1, 0.15) is 11.5 Å². The van der Waals surface area contributed by atoms with Gasteiger partial charge in [-0.3, -0.25) is 14.4 Å². The molecule has 202 valence electrons. The number of carbonyl (C=O) groups excluding carboxylic acids is 3. The lowest BCUT2D eigenvalue weighted by molar-refractivity contribution is -0.121. The fourth-order valence-electron chi connectivity index (χ4n) is 7.00. The molecule has 4 unspecified atom stereocenters. The van der Waals surface area contributed by atoms with Crippen LogP contribution in [0, 0.1) is 5.92 Å². The highest BCUT2D eigenvalue weighted by Gasteiger charge is 2.70. The highest BCUT2D eigenvalue weighted by molar-refractivity contribution is 6.34. The van der Waals surface area contributed by atoms with Crippen molar-refractivity contribution in [3.8, 4) is 0 Å². The normalized spacial score (nSPS) is 23.9. The Labute approximate surface area is 247 Å². The summed E-state index contributed by atoms with van der Waals surface area (Å²) in [5.74, 6) is -2.00. The highest BCUT2D eigenvalue weighted by atomic mass is 35.5. The van der Waals surface area contributed by atoms with Gasteiger partial charge in [0.25, 0.3) is 0 Å². The molecule has 0 aliphatic carbocycles. The van der Waals surface area contributed by atoms with Gasteiger partial charge >= 0.3 is 0 Å². The lowest BCUT2D eigenvalue weighted by Gasteiger charge is -2.39. The first kappa shape index (κ1) is 25.8. The molecule has 1 saturated heterocycles. The quantitative estimate of drug-likeness (QED) is 0.259. The van der Waals surface area contributed by atoms with Crippen LogP contribution >= 0.6 is 23.2 Å². The maximum absolute atomic E-state index is 14.8. The van der Waals surface area contributed by atoms with Crippen molar-refractivity contribution >= 4 is 57.6 Å². The minimum Gasteiger partial charge on any atom is -0.352 e. The fourth-order valence-corrected chi connectivity index (χ4v) is 7.36. The van der Waals surface area contributed by atoms with Crippen molar-refractivity contribution in [2.24, 2.45) is 5.92 Å². The Kier molecular flexibility index (Phi) is 5.93. The number of hydrogen-bond acceptors (Lipinski definition) is 4. The van der Waals surface area contributed by atoms with E-state index < -0.39 is 23.4 Å². The van der Waals surface area contributed by atoms with Gasteiger partial charge < -0.3 is 10.2 Å². The predicted molar refractivity (Wildman–Crippen MR) is 162 cm³/mol. The standard InChI is InChI=1S/C34H24Cl2N2O3/c1-19-18-28-34(24-10-4-6-12-26(24)37-33(34)41)29(31(39)20-14-16-21(35)17-15-20)30(32(40)23-9-2-5-11-25(23)36)38(28)27-13-7-3-8-22(19)27/h2-18,28-30H,1H3,(H,37,41). The largest absolute Gasteiger partial charge is 0.352 e. The van der Waals surface area contributed by atoms with E-state index in [2.05, 4.69) is 5.32 Å². The lowest BCUT2D eigenvalue weighted by atomic mass is 9.64. The molecule has 0 radical (unpaired) electrons. The molecule has 5 nitrogen and oxygen atoms in total. The molecule has 4 aromatic carbocycles. The highest BCUT2D eigenvalue weighted by Crippen LogP contribution is 2.59. The van der Waals surface area contributed by atoms with Gasteiger partial charge in [-0.05, 0) is 66.6 Å². The summed E-state index contributed by atoms with van der Waals surface area (Å²) in [6, 6.07) is 27.1. The number of fused-ring (bicyclic) bond motifs is 6. The summed E-state index contributed by atoms with van der Waals surface area (Å²) in [7, 11) is 0. The number of amides is 1. The Balaban J connectivity index is 1.57. The van der Waals surface area contributed by atoms with Crippen molar-refractivity contribution in [3.63, 3.8) is 0 Å². The van der Waals surface area contributed by atoms with Gasteiger partial charge in [0.2, 0.25) is 5.91 Å². The van der Waals surface area contributed by atoms with Crippen LogP contribution in [0.3, 0.4) is 0 Å². The molecular weight excluding hydrogens is 555 g/mol. The molecular formula is C34H24Cl2N2O3. The number of hydrogen-bond donors (Lipinski definition) is 1. The molecule has 3 heterocycles. The van der Waals surface area contributed by atoms with Crippen LogP contribution in [0.4, 0.5) is 11.4 Å². The Hall–Kier alpha value is -4.19. The SMILES string of the molecule is CC1=CC2N(c3ccccc31)C(C(=O)c1ccccc1Cl)C(C(=O)c1ccc(Cl)cc1)C21C(=O)Nc2ccccc21. The molecule has 1 N–H and O–H groups in total. The molecule has 1 amide bonds. The summed E-state index contributed by atoms with van der Waals surface area (Å²) in [5, 5.41) is 3.83. The number of nitrogens with zero attached hydrogens (tertiary/aromatic N) is 1. The van der Waals surface area contributed by atoms with Crippen molar-refractivity contribution in [1.82, 2.24) is 0 Å². The summed E-state index contributed by atoms with van der Waals surface area (Å²) < 4.78 is 0. The first-order valence-corrected chi connectivity index (χ1v) is 14.1. The molecule has 1 fully saturated rings. The number of ketones is 2. The number of allylic oxidation sites excluding steroid dienone is 1. The van der Waals surface area contributed by atoms with E-state index in [0.29, 0.717) is 32.4 Å². The van der Waals surface area contributed by atoms with Crippen LogP contribution in [0.25, 0.3) is 5.57 Å². The molecule has 4 atom stereocenters. The maximum Gasteiger partial charge on any atom is 0.238 e. The van der Waals surface area contributed by atoms with Crippen molar-refractivity contribution in [1.29, 1.82) is 0 Å². The zero-order valence-electron chi connectivity index (χ0n) is 22.0. The van der Waals surface area contributed by atoms with Gasteiger partial charge in [-0.25, -0.2) is 0 Å². The molecule has 3 aliphatic rings. The zero-order valence-corrected chi connectivity index (χ0v) is 23.5. The first-order valence-electron chi connectivity index (χ1n) is 13.4. The number of nitrogens with one attached hydrogen (secondary N) is 1. The van der Waals surface area contributed by atoms with Crippen LogP contribution < -0.4 is 10.2 Å². The molecule has 7 rings (SSSR count). The average Bonchev–Trinajstić information content (AvgIpc) is 3.45. The van der Waals surface area contributed by atoms with Crippen LogP contribution in [-0.2, 0) is 10.2 Å². The minimum atomic E-state index is -1.39. The summed E-state index contributed by atoms with van der Waals surface area (Å²) in [4.78, 5) is 45.9. The molecule has 0 aromatic heterocycles.